The zero-order valence-electron chi connectivity index (χ0n) is 14.0. The lowest BCUT2D eigenvalue weighted by atomic mass is 10.0. The number of terminal acetylenes is 1. The minimum Gasteiger partial charge on any atom is -0.367 e. The average Bonchev–Trinajstić information content (AvgIpc) is 2.67. The number of fused-ring (bicyclic) bond motifs is 1. The second-order valence-electron chi connectivity index (χ2n) is 5.57. The van der Waals surface area contributed by atoms with Crippen molar-refractivity contribution in [2.24, 2.45) is 0 Å². The Bertz CT molecular complexity index is 979. The number of pyridine rings is 1. The van der Waals surface area contributed by atoms with Crippen LogP contribution in [0, 0.1) is 12.3 Å². The number of hydrogen-bond donors (Lipinski definition) is 1. The fraction of sp³-hybridized carbons (Fsp3) is 0.143. The van der Waals surface area contributed by atoms with Gasteiger partial charge in [-0.15, -0.1) is 6.42 Å². The predicted octanol–water partition coefficient (Wildman–Crippen LogP) is 3.93. The molecule has 0 radical (unpaired) electrons. The van der Waals surface area contributed by atoms with Crippen molar-refractivity contribution in [2.45, 2.75) is 0 Å². The number of halogens is 1. The monoisotopic (exact) mass is 364 g/mol. The molecule has 1 aromatic heterocycles. The van der Waals surface area contributed by atoms with E-state index in [0.29, 0.717) is 29.6 Å². The van der Waals surface area contributed by atoms with E-state index in [-0.39, 0.29) is 12.5 Å². The van der Waals surface area contributed by atoms with E-state index >= 15 is 0 Å². The number of hydrogen-bond acceptors (Lipinski definition) is 3. The van der Waals surface area contributed by atoms with Crippen molar-refractivity contribution in [2.75, 3.05) is 19.8 Å². The standard InChI is InChI=1S/C21H17ClN2O2/c1-2-12-26-13-11-23-21(25)19-14-15-7-3-4-8-16(15)20(24-19)17-9-5-6-10-18(17)22/h1,3-10,14H,11-13H2,(H,23,25). The molecule has 2 aromatic carbocycles. The van der Waals surface area contributed by atoms with Gasteiger partial charge >= 0.3 is 0 Å². The number of rotatable bonds is 6. The van der Waals surface area contributed by atoms with Crippen LogP contribution in [0.5, 0.6) is 0 Å². The first-order valence-corrected chi connectivity index (χ1v) is 8.52. The van der Waals surface area contributed by atoms with E-state index in [0.717, 1.165) is 16.3 Å². The fourth-order valence-corrected chi connectivity index (χ4v) is 2.86. The van der Waals surface area contributed by atoms with Crippen LogP contribution in [0.25, 0.3) is 22.0 Å². The Morgan fingerprint density at radius 3 is 2.77 bits per heavy atom. The number of carbonyl (C=O) groups is 1. The van der Waals surface area contributed by atoms with Gasteiger partial charge in [0.25, 0.3) is 5.91 Å². The molecule has 0 saturated heterocycles. The molecule has 130 valence electrons. The molecule has 1 N–H and O–H groups in total. The van der Waals surface area contributed by atoms with Crippen LogP contribution >= 0.6 is 11.6 Å². The van der Waals surface area contributed by atoms with Crippen molar-refractivity contribution in [3.63, 3.8) is 0 Å². The van der Waals surface area contributed by atoms with Crippen LogP contribution in [0.3, 0.4) is 0 Å². The molecule has 3 aromatic rings. The SMILES string of the molecule is C#CCOCCNC(=O)c1cc2ccccc2c(-c2ccccc2Cl)n1. The first-order chi connectivity index (χ1) is 12.7. The van der Waals surface area contributed by atoms with Gasteiger partial charge in [-0.3, -0.25) is 4.79 Å². The molecule has 0 bridgehead atoms. The second kappa shape index (κ2) is 8.48. The van der Waals surface area contributed by atoms with Crippen molar-refractivity contribution in [1.29, 1.82) is 0 Å². The van der Waals surface area contributed by atoms with Crippen LogP contribution in [-0.4, -0.2) is 30.6 Å². The smallest absolute Gasteiger partial charge is 0.270 e. The summed E-state index contributed by atoms with van der Waals surface area (Å²) in [6.45, 7) is 0.929. The Hall–Kier alpha value is -2.87. The van der Waals surface area contributed by atoms with Crippen LogP contribution in [0.2, 0.25) is 5.02 Å². The second-order valence-corrected chi connectivity index (χ2v) is 5.98. The number of nitrogens with one attached hydrogen (secondary N) is 1. The van der Waals surface area contributed by atoms with Gasteiger partial charge < -0.3 is 10.1 Å². The minimum atomic E-state index is -0.270. The molecule has 0 saturated carbocycles. The first kappa shape index (κ1) is 17.9. The third-order valence-electron chi connectivity index (χ3n) is 3.82. The molecule has 1 amide bonds. The van der Waals surface area contributed by atoms with E-state index < -0.39 is 0 Å². The minimum absolute atomic E-state index is 0.223. The van der Waals surface area contributed by atoms with E-state index in [2.05, 4.69) is 16.2 Å². The highest BCUT2D eigenvalue weighted by Gasteiger charge is 2.14. The largest absolute Gasteiger partial charge is 0.367 e. The van der Waals surface area contributed by atoms with Crippen LogP contribution in [0.1, 0.15) is 10.5 Å². The molecule has 26 heavy (non-hydrogen) atoms. The fourth-order valence-electron chi connectivity index (χ4n) is 2.63. The quantitative estimate of drug-likeness (QED) is 0.532. The Kier molecular flexibility index (Phi) is 5.85. The van der Waals surface area contributed by atoms with Gasteiger partial charge in [0.15, 0.2) is 0 Å². The van der Waals surface area contributed by atoms with Crippen LogP contribution < -0.4 is 5.32 Å². The number of carbonyl (C=O) groups excluding carboxylic acids is 1. The lowest BCUT2D eigenvalue weighted by Crippen LogP contribution is -2.28. The maximum absolute atomic E-state index is 12.5. The summed E-state index contributed by atoms with van der Waals surface area (Å²) in [6.07, 6.45) is 5.12. The highest BCUT2D eigenvalue weighted by atomic mass is 35.5. The van der Waals surface area contributed by atoms with Crippen molar-refractivity contribution >= 4 is 28.3 Å². The molecule has 0 aliphatic carbocycles. The number of nitrogens with zero attached hydrogens (tertiary/aromatic N) is 1. The van der Waals surface area contributed by atoms with Crippen molar-refractivity contribution in [3.8, 4) is 23.6 Å². The van der Waals surface area contributed by atoms with Gasteiger partial charge in [-0.05, 0) is 17.5 Å². The lowest BCUT2D eigenvalue weighted by molar-refractivity contribution is 0.0925. The molecule has 3 rings (SSSR count). The highest BCUT2D eigenvalue weighted by Crippen LogP contribution is 2.32. The zero-order chi connectivity index (χ0) is 18.4. The van der Waals surface area contributed by atoms with Gasteiger partial charge in [0.1, 0.15) is 12.3 Å². The van der Waals surface area contributed by atoms with E-state index in [4.69, 9.17) is 22.8 Å². The van der Waals surface area contributed by atoms with Gasteiger partial charge in [0.2, 0.25) is 0 Å². The topological polar surface area (TPSA) is 51.2 Å². The van der Waals surface area contributed by atoms with E-state index in [9.17, 15) is 4.79 Å². The molecule has 0 spiro atoms. The predicted molar refractivity (Wildman–Crippen MR) is 104 cm³/mol. The molecule has 4 nitrogen and oxygen atoms in total. The highest BCUT2D eigenvalue weighted by molar-refractivity contribution is 6.33. The molecular formula is C21H17ClN2O2. The Labute approximate surface area is 157 Å². The molecule has 0 aliphatic heterocycles. The Morgan fingerprint density at radius 2 is 1.96 bits per heavy atom. The van der Waals surface area contributed by atoms with E-state index in [1.165, 1.54) is 0 Å². The summed E-state index contributed by atoms with van der Waals surface area (Å²) < 4.78 is 5.16. The summed E-state index contributed by atoms with van der Waals surface area (Å²) in [5, 5.41) is 5.24. The van der Waals surface area contributed by atoms with Crippen LogP contribution in [0.4, 0.5) is 0 Å². The third kappa shape index (κ3) is 4.02. The third-order valence-corrected chi connectivity index (χ3v) is 4.15. The molecule has 0 aliphatic rings. The van der Waals surface area contributed by atoms with Crippen molar-refractivity contribution in [1.82, 2.24) is 10.3 Å². The number of benzene rings is 2. The molecule has 0 atom stereocenters. The number of ether oxygens (including phenoxy) is 1. The summed E-state index contributed by atoms with van der Waals surface area (Å²) in [7, 11) is 0. The summed E-state index contributed by atoms with van der Waals surface area (Å²) >= 11 is 6.35. The van der Waals surface area contributed by atoms with Crippen molar-refractivity contribution < 1.29 is 9.53 Å². The first-order valence-electron chi connectivity index (χ1n) is 8.15. The van der Waals surface area contributed by atoms with Crippen molar-refractivity contribution in [3.05, 3.63) is 65.3 Å². The normalized spacial score (nSPS) is 10.5. The maximum Gasteiger partial charge on any atom is 0.270 e. The summed E-state index contributed by atoms with van der Waals surface area (Å²) in [5.41, 5.74) is 1.80. The van der Waals surface area contributed by atoms with Gasteiger partial charge in [0, 0.05) is 22.5 Å². The maximum atomic E-state index is 12.5. The van der Waals surface area contributed by atoms with Gasteiger partial charge in [-0.1, -0.05) is 60.0 Å². The van der Waals surface area contributed by atoms with Gasteiger partial charge in [0.05, 0.1) is 12.3 Å². The number of amides is 1. The van der Waals surface area contributed by atoms with E-state index in [1.807, 2.05) is 48.5 Å². The van der Waals surface area contributed by atoms with E-state index in [1.54, 1.807) is 6.07 Å². The molecule has 0 fully saturated rings. The summed E-state index contributed by atoms with van der Waals surface area (Å²) in [4.78, 5) is 17.1. The molecular weight excluding hydrogens is 348 g/mol. The molecule has 5 heteroatoms. The van der Waals surface area contributed by atoms with Crippen LogP contribution in [-0.2, 0) is 4.74 Å². The molecule has 0 unspecified atom stereocenters. The van der Waals surface area contributed by atoms with Gasteiger partial charge in [-0.25, -0.2) is 4.98 Å². The Morgan fingerprint density at radius 1 is 1.19 bits per heavy atom. The molecule has 1 heterocycles. The summed E-state index contributed by atoms with van der Waals surface area (Å²) in [6, 6.07) is 17.0. The van der Waals surface area contributed by atoms with Gasteiger partial charge in [-0.2, -0.15) is 0 Å². The summed E-state index contributed by atoms with van der Waals surface area (Å²) in [5.74, 6) is 2.11. The Balaban J connectivity index is 1.94. The zero-order valence-corrected chi connectivity index (χ0v) is 14.8. The lowest BCUT2D eigenvalue weighted by Gasteiger charge is -2.11. The number of aromatic nitrogens is 1. The average molecular weight is 365 g/mol. The van der Waals surface area contributed by atoms with Crippen LogP contribution in [0.15, 0.2) is 54.6 Å².